The Hall–Kier alpha value is -4.63. The lowest BCUT2D eigenvalue weighted by Crippen LogP contribution is -2.25. The van der Waals surface area contributed by atoms with Crippen LogP contribution in [0.2, 0.25) is 5.02 Å². The average molecular weight is 618 g/mol. The molecule has 1 heterocycles. The Morgan fingerprint density at radius 2 is 1.74 bits per heavy atom. The number of nitriles is 1. The number of carbonyl (C=O) groups is 3. The summed E-state index contributed by atoms with van der Waals surface area (Å²) >= 11 is 6.26. The Balaban J connectivity index is 1.62. The number of pyridine rings is 1. The molecule has 0 amide bonds. The number of nitrogens with one attached hydrogen (secondary N) is 1. The van der Waals surface area contributed by atoms with Gasteiger partial charge in [-0.2, -0.15) is 18.4 Å². The maximum Gasteiger partial charge on any atom is 0.433 e. The van der Waals surface area contributed by atoms with Crippen LogP contribution in [0.4, 0.5) is 18.9 Å². The molecule has 3 rings (SSSR count). The number of alkyl halides is 3. The van der Waals surface area contributed by atoms with Gasteiger partial charge in [0.25, 0.3) is 0 Å². The number of Topliss-reactive ketones (excluding diaryl/α,β-unsaturated/α-hetero) is 1. The third kappa shape index (κ3) is 9.18. The van der Waals surface area contributed by atoms with Gasteiger partial charge >= 0.3 is 18.1 Å². The summed E-state index contributed by atoms with van der Waals surface area (Å²) in [7, 11) is 0. The second-order valence-corrected chi connectivity index (χ2v) is 10.5. The topological polar surface area (TPSA) is 128 Å². The van der Waals surface area contributed by atoms with Crippen molar-refractivity contribution >= 4 is 35.0 Å². The van der Waals surface area contributed by atoms with Crippen LogP contribution < -0.4 is 10.1 Å². The van der Waals surface area contributed by atoms with Crippen molar-refractivity contribution < 1.29 is 41.8 Å². The molecular formula is C30H27ClF3N3O6. The highest BCUT2D eigenvalue weighted by atomic mass is 35.5. The minimum Gasteiger partial charge on any atom is -0.491 e. The molecule has 0 fully saturated rings. The summed E-state index contributed by atoms with van der Waals surface area (Å²) in [6, 6.07) is 13.3. The molecule has 0 aliphatic carbocycles. The monoisotopic (exact) mass is 617 g/mol. The number of ketones is 1. The van der Waals surface area contributed by atoms with Crippen LogP contribution in [-0.4, -0.2) is 42.7 Å². The number of anilines is 1. The van der Waals surface area contributed by atoms with Crippen molar-refractivity contribution in [3.05, 3.63) is 76.6 Å². The third-order valence-electron chi connectivity index (χ3n) is 5.81. The number of hydrogen-bond donors (Lipinski definition) is 1. The molecule has 1 N–H and O–H groups in total. The van der Waals surface area contributed by atoms with E-state index >= 15 is 0 Å². The van der Waals surface area contributed by atoms with Crippen molar-refractivity contribution in [2.45, 2.75) is 33.4 Å². The fraction of sp³-hybridized carbons (Fsp3) is 0.300. The van der Waals surface area contributed by atoms with Crippen LogP contribution in [0.5, 0.6) is 5.75 Å². The van der Waals surface area contributed by atoms with Crippen molar-refractivity contribution in [1.82, 2.24) is 4.98 Å². The van der Waals surface area contributed by atoms with Gasteiger partial charge in [-0.15, -0.1) is 0 Å². The Labute approximate surface area is 250 Å². The van der Waals surface area contributed by atoms with Crippen molar-refractivity contribution in [3.8, 4) is 22.9 Å². The first-order valence-corrected chi connectivity index (χ1v) is 13.2. The van der Waals surface area contributed by atoms with Gasteiger partial charge in [-0.25, -0.2) is 0 Å². The molecule has 0 saturated heterocycles. The molecule has 0 bridgehead atoms. The molecule has 226 valence electrons. The molecule has 9 nitrogen and oxygen atoms in total. The van der Waals surface area contributed by atoms with Crippen LogP contribution in [0.25, 0.3) is 11.1 Å². The molecule has 0 atom stereocenters. The minimum absolute atomic E-state index is 0.0488. The van der Waals surface area contributed by atoms with E-state index < -0.39 is 36.0 Å². The number of hydrogen-bond acceptors (Lipinski definition) is 9. The molecule has 0 saturated carbocycles. The van der Waals surface area contributed by atoms with Crippen LogP contribution in [0.15, 0.2) is 54.7 Å². The van der Waals surface area contributed by atoms with Crippen LogP contribution in [0.1, 0.15) is 48.8 Å². The van der Waals surface area contributed by atoms with Crippen LogP contribution in [-0.2, 0) is 25.2 Å². The molecule has 13 heteroatoms. The lowest BCUT2D eigenvalue weighted by atomic mass is 9.98. The summed E-state index contributed by atoms with van der Waals surface area (Å²) in [6.45, 7) is 4.25. The Kier molecular flexibility index (Phi) is 10.7. The lowest BCUT2D eigenvalue weighted by molar-refractivity contribution is -0.173. The smallest absolute Gasteiger partial charge is 0.433 e. The van der Waals surface area contributed by atoms with Crippen molar-refractivity contribution in [2.75, 3.05) is 25.3 Å². The number of esters is 2. The van der Waals surface area contributed by atoms with Crippen molar-refractivity contribution in [2.24, 2.45) is 5.41 Å². The zero-order valence-corrected chi connectivity index (χ0v) is 24.1. The van der Waals surface area contributed by atoms with Gasteiger partial charge in [0.1, 0.15) is 11.4 Å². The predicted octanol–water partition coefficient (Wildman–Crippen LogP) is 6.45. The molecule has 2 aromatic carbocycles. The Bertz CT molecular complexity index is 1550. The number of carbonyl (C=O) groups excluding carboxylic acids is 3. The van der Waals surface area contributed by atoms with Gasteiger partial charge in [0.2, 0.25) is 6.79 Å². The molecule has 0 aliphatic heterocycles. The second-order valence-electron chi connectivity index (χ2n) is 10.1. The van der Waals surface area contributed by atoms with Gasteiger partial charge in [-0.05, 0) is 57.2 Å². The maximum absolute atomic E-state index is 13.1. The first-order valence-electron chi connectivity index (χ1n) is 12.8. The zero-order chi connectivity index (χ0) is 31.8. The first kappa shape index (κ1) is 32.9. The summed E-state index contributed by atoms with van der Waals surface area (Å²) in [6.07, 6.45) is -3.96. The highest BCUT2D eigenvalue weighted by Crippen LogP contribution is 2.35. The van der Waals surface area contributed by atoms with Crippen LogP contribution in [0, 0.1) is 16.7 Å². The fourth-order valence-electron chi connectivity index (χ4n) is 3.52. The average Bonchev–Trinajstić information content (AvgIpc) is 2.95. The number of para-hydroxylation sites is 2. The van der Waals surface area contributed by atoms with Gasteiger partial charge in [0.05, 0.1) is 42.3 Å². The quantitative estimate of drug-likeness (QED) is 0.147. The van der Waals surface area contributed by atoms with E-state index in [0.717, 1.165) is 6.20 Å². The molecule has 43 heavy (non-hydrogen) atoms. The largest absolute Gasteiger partial charge is 0.491 e. The first-order chi connectivity index (χ1) is 20.2. The van der Waals surface area contributed by atoms with Gasteiger partial charge in [-0.1, -0.05) is 23.7 Å². The number of rotatable bonds is 11. The summed E-state index contributed by atoms with van der Waals surface area (Å²) in [5.41, 5.74) is -1.39. The molecule has 0 aliphatic rings. The summed E-state index contributed by atoms with van der Waals surface area (Å²) in [5.74, 6) is -1.18. The van der Waals surface area contributed by atoms with Crippen molar-refractivity contribution in [1.29, 1.82) is 5.26 Å². The van der Waals surface area contributed by atoms with Gasteiger partial charge < -0.3 is 19.5 Å². The van der Waals surface area contributed by atoms with Gasteiger partial charge in [0.15, 0.2) is 5.78 Å². The number of halogens is 4. The summed E-state index contributed by atoms with van der Waals surface area (Å²) in [5, 5.41) is 12.5. The van der Waals surface area contributed by atoms with Gasteiger partial charge in [-0.3, -0.25) is 19.4 Å². The highest BCUT2D eigenvalue weighted by Gasteiger charge is 2.33. The normalized spacial score (nSPS) is 11.3. The standard InChI is InChI=1S/C30H27ClF3N3O6/c1-29(2,3)28(40)43-17-42-27(39)10-11-41-25-7-5-4-6-23(25)36-16-24(38)18-8-9-22(31)20(12-18)21-15-37-26(30(32,33)34)13-19(21)14-35/h4-9,12-13,15,36H,10-11,16-17H2,1-3H3. The molecule has 0 spiro atoms. The van der Waals surface area contributed by atoms with Crippen molar-refractivity contribution in [3.63, 3.8) is 0 Å². The van der Waals surface area contributed by atoms with Crippen LogP contribution >= 0.6 is 11.6 Å². The molecule has 3 aromatic rings. The third-order valence-corrected chi connectivity index (χ3v) is 6.14. The van der Waals surface area contributed by atoms with E-state index in [0.29, 0.717) is 17.5 Å². The Morgan fingerprint density at radius 3 is 2.42 bits per heavy atom. The Morgan fingerprint density at radius 1 is 1.02 bits per heavy atom. The summed E-state index contributed by atoms with van der Waals surface area (Å²) < 4.78 is 54.6. The maximum atomic E-state index is 13.1. The van der Waals surface area contributed by atoms with E-state index in [-0.39, 0.29) is 52.6 Å². The molecule has 0 radical (unpaired) electrons. The van der Waals surface area contributed by atoms with Crippen LogP contribution in [0.3, 0.4) is 0 Å². The second kappa shape index (κ2) is 14.0. The van der Waals surface area contributed by atoms with E-state index in [1.807, 2.05) is 0 Å². The van der Waals surface area contributed by atoms with E-state index in [4.69, 9.17) is 25.8 Å². The summed E-state index contributed by atoms with van der Waals surface area (Å²) in [4.78, 5) is 40.1. The minimum atomic E-state index is -4.73. The fourth-order valence-corrected chi connectivity index (χ4v) is 3.74. The number of nitrogens with zero attached hydrogens (tertiary/aromatic N) is 2. The van der Waals surface area contributed by atoms with E-state index in [9.17, 15) is 32.8 Å². The molecular weight excluding hydrogens is 591 g/mol. The van der Waals surface area contributed by atoms with E-state index in [2.05, 4.69) is 10.3 Å². The lowest BCUT2D eigenvalue weighted by Gasteiger charge is -2.16. The zero-order valence-electron chi connectivity index (χ0n) is 23.4. The van der Waals surface area contributed by atoms with Gasteiger partial charge in [0, 0.05) is 27.9 Å². The number of ether oxygens (including phenoxy) is 3. The molecule has 0 unspecified atom stereocenters. The highest BCUT2D eigenvalue weighted by molar-refractivity contribution is 6.33. The van der Waals surface area contributed by atoms with E-state index in [1.54, 1.807) is 51.1 Å². The predicted molar refractivity (Wildman–Crippen MR) is 150 cm³/mol. The number of benzene rings is 2. The molecule has 1 aromatic heterocycles. The van der Waals surface area contributed by atoms with E-state index in [1.165, 1.54) is 18.2 Å². The number of aromatic nitrogens is 1. The SMILES string of the molecule is CC(C)(C)C(=O)OCOC(=O)CCOc1ccccc1NCC(=O)c1ccc(Cl)c(-c2cnc(C(F)(F)F)cc2C#N)c1.